The number of likely N-dealkylation sites (N-methyl/N-ethyl adjacent to an activating group) is 2. The zero-order valence-corrected chi connectivity index (χ0v) is 47.5. The molecule has 0 aliphatic carbocycles. The number of nitrogens with one attached hydrogen (secondary N) is 5. The summed E-state index contributed by atoms with van der Waals surface area (Å²) < 4.78 is 32.9. The highest BCUT2D eigenvalue weighted by molar-refractivity contribution is 6.00. The van der Waals surface area contributed by atoms with Crippen molar-refractivity contribution in [3.63, 3.8) is 0 Å². The van der Waals surface area contributed by atoms with Crippen LogP contribution in [0.1, 0.15) is 24.0 Å². The molecule has 0 spiro atoms. The van der Waals surface area contributed by atoms with Crippen LogP contribution in [0.15, 0.2) is 135 Å². The van der Waals surface area contributed by atoms with E-state index < -0.39 is 5.82 Å². The lowest BCUT2D eigenvalue weighted by Gasteiger charge is -2.18. The Hall–Kier alpha value is -9.34. The largest absolute Gasteiger partial charge is 0.384 e. The van der Waals surface area contributed by atoms with Gasteiger partial charge in [-0.1, -0.05) is 12.1 Å². The molecular formula is C64H64F2N18. The molecule has 0 bridgehead atoms. The Labute approximate surface area is 484 Å². The van der Waals surface area contributed by atoms with E-state index in [1.165, 1.54) is 42.7 Å². The standard InChI is InChI=1S/C64H64F2N18/c1-80(2)16-12-71-49-22-43(20-47(65)26-49)54-33-70-35-57-60(54)76-64(74-57)62-52-25-42(45-18-39(28-67-30-45)36-81(3)4)9-11-58(52)84(79-62)38-82(5)17-13-72-50-23-44(21-48(66)27-50)53-32-69-34-56-59(53)75-63(73-56)61-51-24-41(8-10-55(51)77-78-61)46-19-40(29-68-31-46)37-83-14-6-7-15-83/h8-11,18-35,71-72H,6-7,12-17,36-38H2,1-5H3,(H,73,75)(H,74,76)(H,77,78). The number of imidazole rings is 2. The Kier molecular flexibility index (Phi) is 14.9. The maximum atomic E-state index is 15.7. The third kappa shape index (κ3) is 11.4. The van der Waals surface area contributed by atoms with Crippen molar-refractivity contribution in [2.75, 3.05) is 85.1 Å². The van der Waals surface area contributed by atoms with Crippen molar-refractivity contribution in [1.82, 2.24) is 79.4 Å². The summed E-state index contributed by atoms with van der Waals surface area (Å²) in [6, 6.07) is 26.8. The molecule has 0 radical (unpaired) electrons. The van der Waals surface area contributed by atoms with Crippen molar-refractivity contribution in [1.29, 1.82) is 0 Å². The van der Waals surface area contributed by atoms with E-state index in [1.54, 1.807) is 24.8 Å². The summed E-state index contributed by atoms with van der Waals surface area (Å²) in [5.74, 6) is 0.375. The highest BCUT2D eigenvalue weighted by atomic mass is 19.1. The number of hydrogen-bond donors (Lipinski definition) is 5. The van der Waals surface area contributed by atoms with E-state index in [4.69, 9.17) is 20.2 Å². The first-order valence-corrected chi connectivity index (χ1v) is 28.3. The first-order chi connectivity index (χ1) is 40.9. The summed E-state index contributed by atoms with van der Waals surface area (Å²) in [6.07, 6.45) is 17.0. The second kappa shape index (κ2) is 23.1. The van der Waals surface area contributed by atoms with Crippen LogP contribution in [0.2, 0.25) is 0 Å². The first kappa shape index (κ1) is 53.9. The Morgan fingerprint density at radius 3 is 1.76 bits per heavy atom. The van der Waals surface area contributed by atoms with Crippen LogP contribution >= 0.6 is 0 Å². The lowest BCUT2D eigenvalue weighted by molar-refractivity contribution is 0.269. The van der Waals surface area contributed by atoms with Gasteiger partial charge in [0.1, 0.15) is 23.0 Å². The van der Waals surface area contributed by atoms with Crippen molar-refractivity contribution in [3.8, 4) is 67.5 Å². The number of rotatable bonds is 20. The number of H-pyrrole nitrogens is 3. The minimum absolute atomic E-state index is 0.359. The summed E-state index contributed by atoms with van der Waals surface area (Å²) in [5, 5.41) is 21.8. The zero-order chi connectivity index (χ0) is 57.4. The molecule has 12 aromatic rings. The number of pyridine rings is 4. The summed E-state index contributed by atoms with van der Waals surface area (Å²) >= 11 is 0. The van der Waals surface area contributed by atoms with Crippen LogP contribution in [0, 0.1) is 11.6 Å². The number of aromatic nitrogens is 12. The summed E-state index contributed by atoms with van der Waals surface area (Å²) in [7, 11) is 10.1. The highest BCUT2D eigenvalue weighted by Gasteiger charge is 2.22. The second-order valence-electron chi connectivity index (χ2n) is 22.5. The summed E-state index contributed by atoms with van der Waals surface area (Å²) in [4.78, 5) is 44.3. The molecule has 9 heterocycles. The van der Waals surface area contributed by atoms with Gasteiger partial charge in [0.2, 0.25) is 0 Å². The Balaban J connectivity index is 0.749. The Bertz CT molecular complexity index is 4360. The number of likely N-dealkylation sites (tertiary alicyclic amines) is 1. The minimum Gasteiger partial charge on any atom is -0.384 e. The van der Waals surface area contributed by atoms with E-state index in [0.717, 1.165) is 82.3 Å². The Morgan fingerprint density at radius 1 is 0.536 bits per heavy atom. The van der Waals surface area contributed by atoms with E-state index in [0.29, 0.717) is 105 Å². The molecule has 1 aliphatic heterocycles. The van der Waals surface area contributed by atoms with Crippen molar-refractivity contribution in [3.05, 3.63) is 157 Å². The molecule has 84 heavy (non-hydrogen) atoms. The van der Waals surface area contributed by atoms with E-state index in [2.05, 4.69) is 108 Å². The molecule has 0 atom stereocenters. The van der Waals surface area contributed by atoms with Crippen LogP contribution < -0.4 is 10.6 Å². The second-order valence-corrected chi connectivity index (χ2v) is 22.5. The van der Waals surface area contributed by atoms with Gasteiger partial charge in [0, 0.05) is 121 Å². The van der Waals surface area contributed by atoms with Crippen LogP contribution in [0.4, 0.5) is 20.2 Å². The molecule has 0 unspecified atom stereocenters. The van der Waals surface area contributed by atoms with Crippen molar-refractivity contribution in [2.24, 2.45) is 0 Å². The summed E-state index contributed by atoms with van der Waals surface area (Å²) in [6.45, 7) is 6.86. The predicted octanol–water partition coefficient (Wildman–Crippen LogP) is 11.2. The fourth-order valence-corrected chi connectivity index (χ4v) is 11.4. The lowest BCUT2D eigenvalue weighted by atomic mass is 10.0. The molecule has 8 aromatic heterocycles. The third-order valence-corrected chi connectivity index (χ3v) is 15.4. The third-order valence-electron chi connectivity index (χ3n) is 15.4. The molecule has 0 amide bonds. The van der Waals surface area contributed by atoms with Crippen molar-refractivity contribution >= 4 is 55.2 Å². The van der Waals surface area contributed by atoms with Gasteiger partial charge < -0.3 is 30.4 Å². The van der Waals surface area contributed by atoms with Gasteiger partial charge in [-0.25, -0.2) is 23.4 Å². The fraction of sp³-hybridized carbons (Fsp3) is 0.250. The number of fused-ring (bicyclic) bond motifs is 4. The number of hydrogen-bond acceptors (Lipinski definition) is 14. The van der Waals surface area contributed by atoms with E-state index >= 15 is 8.78 Å². The van der Waals surface area contributed by atoms with Gasteiger partial charge in [0.25, 0.3) is 0 Å². The first-order valence-electron chi connectivity index (χ1n) is 28.3. The maximum absolute atomic E-state index is 15.7. The number of halogens is 2. The predicted molar refractivity (Wildman–Crippen MR) is 329 cm³/mol. The SMILES string of the molecule is CN(C)CCNc1cc(F)cc(-c2cncc3[nH]c(-c4nn(CN(C)CCNc5cc(F)cc(-c6cncc7[nH]c(-c8n[nH]c9ccc(-c%10cncc(CN%11CCCC%11)c%10)cc89)nc67)c5)c5ccc(-c6cncc(CN(C)C)c6)cc45)nc23)c1. The zero-order valence-electron chi connectivity index (χ0n) is 47.5. The monoisotopic (exact) mass is 1120 g/mol. The van der Waals surface area contributed by atoms with Gasteiger partial charge >= 0.3 is 0 Å². The summed E-state index contributed by atoms with van der Waals surface area (Å²) in [5.41, 5.74) is 16.1. The molecule has 20 heteroatoms. The number of anilines is 2. The Morgan fingerprint density at radius 2 is 1.12 bits per heavy atom. The molecule has 424 valence electrons. The number of nitrogens with zero attached hydrogens (tertiary/aromatic N) is 13. The van der Waals surface area contributed by atoms with Crippen LogP contribution in [0.5, 0.6) is 0 Å². The molecule has 4 aromatic carbocycles. The lowest BCUT2D eigenvalue weighted by Crippen LogP contribution is -2.28. The average Bonchev–Trinajstić information content (AvgIpc) is 3.55. The van der Waals surface area contributed by atoms with Gasteiger partial charge in [0.15, 0.2) is 11.6 Å². The molecule has 13 rings (SSSR count). The molecule has 18 nitrogen and oxygen atoms in total. The van der Waals surface area contributed by atoms with Gasteiger partial charge in [-0.05, 0) is 167 Å². The van der Waals surface area contributed by atoms with E-state index in [9.17, 15) is 0 Å². The number of aromatic amines is 3. The molecule has 1 saturated heterocycles. The van der Waals surface area contributed by atoms with Crippen LogP contribution in [-0.4, -0.2) is 154 Å². The van der Waals surface area contributed by atoms with Gasteiger partial charge in [-0.3, -0.25) is 34.8 Å². The van der Waals surface area contributed by atoms with Gasteiger partial charge in [-0.15, -0.1) is 0 Å². The molecule has 1 fully saturated rings. The van der Waals surface area contributed by atoms with E-state index in [1.807, 2.05) is 82.9 Å². The smallest absolute Gasteiger partial charge is 0.159 e. The normalized spacial score (nSPS) is 13.1. The van der Waals surface area contributed by atoms with Crippen LogP contribution in [0.3, 0.4) is 0 Å². The molecule has 1 aliphatic rings. The number of benzene rings is 4. The van der Waals surface area contributed by atoms with E-state index in [-0.39, 0.29) is 5.82 Å². The maximum Gasteiger partial charge on any atom is 0.159 e. The highest BCUT2D eigenvalue weighted by Crippen LogP contribution is 2.37. The van der Waals surface area contributed by atoms with Crippen molar-refractivity contribution < 1.29 is 8.78 Å². The van der Waals surface area contributed by atoms with Crippen LogP contribution in [0.25, 0.3) is 111 Å². The van der Waals surface area contributed by atoms with Gasteiger partial charge in [-0.2, -0.15) is 10.2 Å². The van der Waals surface area contributed by atoms with Crippen molar-refractivity contribution in [2.45, 2.75) is 32.6 Å². The molecular weight excluding hydrogens is 1060 g/mol. The van der Waals surface area contributed by atoms with Gasteiger partial charge in [0.05, 0.1) is 52.2 Å². The van der Waals surface area contributed by atoms with Crippen LogP contribution in [-0.2, 0) is 19.8 Å². The minimum atomic E-state index is -0.391. The molecule has 5 N–H and O–H groups in total. The quantitative estimate of drug-likeness (QED) is 0.0484. The topological polar surface area (TPSA) is 192 Å². The fourth-order valence-electron chi connectivity index (χ4n) is 11.4. The average molecular weight is 1120 g/mol. The molecule has 0 saturated carbocycles.